The number of likely N-dealkylation sites (N-methyl/N-ethyl adjacent to an activating group) is 1. The fourth-order valence-corrected chi connectivity index (χ4v) is 4.21. The Morgan fingerprint density at radius 1 is 1.27 bits per heavy atom. The molecule has 2 aliphatic heterocycles. The van der Waals surface area contributed by atoms with Crippen molar-refractivity contribution in [2.45, 2.75) is 31.3 Å². The van der Waals surface area contributed by atoms with Gasteiger partial charge in [-0.1, -0.05) is 0 Å². The Morgan fingerprint density at radius 2 is 2.07 bits per heavy atom. The van der Waals surface area contributed by atoms with Gasteiger partial charge in [-0.2, -0.15) is 0 Å². The lowest BCUT2D eigenvalue weighted by Gasteiger charge is -2.26. The first-order chi connectivity index (χ1) is 7.05. The summed E-state index contributed by atoms with van der Waals surface area (Å²) in [6.45, 7) is 2.17. The third-order valence-corrected chi connectivity index (χ3v) is 5.15. The van der Waals surface area contributed by atoms with E-state index in [0.29, 0.717) is 17.5 Å². The zero-order valence-electron chi connectivity index (χ0n) is 9.28. The molecule has 15 heavy (non-hydrogen) atoms. The fourth-order valence-electron chi connectivity index (χ4n) is 2.56. The van der Waals surface area contributed by atoms with Crippen LogP contribution in [-0.4, -0.2) is 57.0 Å². The molecular formula is C10H20N2O2S. The predicted molar refractivity (Wildman–Crippen MR) is 60.7 cm³/mol. The van der Waals surface area contributed by atoms with Gasteiger partial charge in [-0.05, 0) is 32.9 Å². The van der Waals surface area contributed by atoms with Gasteiger partial charge in [0.1, 0.15) is 0 Å². The van der Waals surface area contributed by atoms with Gasteiger partial charge in [0.05, 0.1) is 11.5 Å². The molecule has 2 fully saturated rings. The van der Waals surface area contributed by atoms with Gasteiger partial charge in [-0.15, -0.1) is 0 Å². The second-order valence-corrected chi connectivity index (χ2v) is 7.10. The summed E-state index contributed by atoms with van der Waals surface area (Å²) in [4.78, 5) is 2.29. The molecule has 0 bridgehead atoms. The molecule has 0 saturated carbocycles. The lowest BCUT2D eigenvalue weighted by atomic mass is 10.1. The first kappa shape index (κ1) is 11.4. The van der Waals surface area contributed by atoms with E-state index in [2.05, 4.69) is 17.3 Å². The third kappa shape index (κ3) is 3.16. The minimum Gasteiger partial charge on any atom is -0.309 e. The zero-order valence-corrected chi connectivity index (χ0v) is 10.1. The van der Waals surface area contributed by atoms with Crippen molar-refractivity contribution in [3.05, 3.63) is 0 Å². The summed E-state index contributed by atoms with van der Waals surface area (Å²) in [5.74, 6) is 0.725. The van der Waals surface area contributed by atoms with Crippen LogP contribution in [0.15, 0.2) is 0 Å². The van der Waals surface area contributed by atoms with Gasteiger partial charge in [0.25, 0.3) is 0 Å². The summed E-state index contributed by atoms with van der Waals surface area (Å²) < 4.78 is 22.9. The highest BCUT2D eigenvalue weighted by Gasteiger charge is 2.28. The third-order valence-electron chi connectivity index (χ3n) is 3.33. The van der Waals surface area contributed by atoms with Gasteiger partial charge in [-0.25, -0.2) is 8.42 Å². The minimum absolute atomic E-state index is 0.195. The number of nitrogens with one attached hydrogen (secondary N) is 1. The summed E-state index contributed by atoms with van der Waals surface area (Å²) in [6.07, 6.45) is 2.98. The Hall–Kier alpha value is -0.130. The smallest absolute Gasteiger partial charge is 0.151 e. The molecular weight excluding hydrogens is 212 g/mol. The van der Waals surface area contributed by atoms with Crippen LogP contribution in [0.1, 0.15) is 19.3 Å². The molecule has 2 rings (SSSR count). The van der Waals surface area contributed by atoms with Crippen LogP contribution < -0.4 is 5.32 Å². The molecule has 88 valence electrons. The Kier molecular flexibility index (Phi) is 3.33. The second-order valence-electron chi connectivity index (χ2n) is 4.87. The van der Waals surface area contributed by atoms with Crippen LogP contribution in [0.2, 0.25) is 0 Å². The number of hydrogen-bond donors (Lipinski definition) is 1. The maximum absolute atomic E-state index is 11.4. The molecule has 0 spiro atoms. The summed E-state index contributed by atoms with van der Waals surface area (Å²) in [7, 11) is -0.653. The van der Waals surface area contributed by atoms with Crippen molar-refractivity contribution in [1.29, 1.82) is 0 Å². The molecule has 0 aromatic rings. The van der Waals surface area contributed by atoms with Crippen molar-refractivity contribution in [2.24, 2.45) is 0 Å². The quantitative estimate of drug-likeness (QED) is 0.720. The van der Waals surface area contributed by atoms with E-state index in [9.17, 15) is 8.42 Å². The van der Waals surface area contributed by atoms with Crippen LogP contribution >= 0.6 is 0 Å². The lowest BCUT2D eigenvalue weighted by molar-refractivity contribution is 0.376. The molecule has 2 saturated heterocycles. The van der Waals surface area contributed by atoms with Gasteiger partial charge in [0.2, 0.25) is 0 Å². The maximum Gasteiger partial charge on any atom is 0.151 e. The summed E-state index contributed by atoms with van der Waals surface area (Å²) >= 11 is 0. The van der Waals surface area contributed by atoms with E-state index in [1.54, 1.807) is 0 Å². The van der Waals surface area contributed by atoms with E-state index >= 15 is 0 Å². The average molecular weight is 232 g/mol. The Labute approximate surface area is 91.9 Å². The summed E-state index contributed by atoms with van der Waals surface area (Å²) in [5, 5.41) is 3.48. The molecule has 0 aromatic carbocycles. The van der Waals surface area contributed by atoms with Crippen molar-refractivity contribution in [3.8, 4) is 0 Å². The topological polar surface area (TPSA) is 49.4 Å². The monoisotopic (exact) mass is 232 g/mol. The highest BCUT2D eigenvalue weighted by Crippen LogP contribution is 2.15. The Morgan fingerprint density at radius 3 is 2.67 bits per heavy atom. The van der Waals surface area contributed by atoms with Crippen molar-refractivity contribution < 1.29 is 8.42 Å². The molecule has 1 N–H and O–H groups in total. The van der Waals surface area contributed by atoms with Gasteiger partial charge in [0, 0.05) is 18.6 Å². The zero-order chi connectivity index (χ0) is 10.9. The molecule has 0 aromatic heterocycles. The highest BCUT2D eigenvalue weighted by molar-refractivity contribution is 7.91. The standard InChI is InChI=1S/C10H20N2O2S/c1-12-5-4-9(7-12)11-10-3-2-6-15(13,14)8-10/h9-11H,2-8H2,1H3. The van der Waals surface area contributed by atoms with Crippen LogP contribution in [0.5, 0.6) is 0 Å². The van der Waals surface area contributed by atoms with Crippen molar-refractivity contribution in [2.75, 3.05) is 31.6 Å². The van der Waals surface area contributed by atoms with E-state index in [0.717, 1.165) is 32.4 Å². The number of sulfone groups is 1. The van der Waals surface area contributed by atoms with Gasteiger partial charge < -0.3 is 10.2 Å². The van der Waals surface area contributed by atoms with Crippen LogP contribution in [0.3, 0.4) is 0 Å². The van der Waals surface area contributed by atoms with Crippen molar-refractivity contribution >= 4 is 9.84 Å². The largest absolute Gasteiger partial charge is 0.309 e. The van der Waals surface area contributed by atoms with E-state index < -0.39 is 9.84 Å². The molecule has 2 unspecified atom stereocenters. The van der Waals surface area contributed by atoms with Gasteiger partial charge in [-0.3, -0.25) is 0 Å². The number of hydrogen-bond acceptors (Lipinski definition) is 4. The van der Waals surface area contributed by atoms with Crippen molar-refractivity contribution in [3.63, 3.8) is 0 Å². The number of nitrogens with zero attached hydrogens (tertiary/aromatic N) is 1. The SMILES string of the molecule is CN1CCC(NC2CCCS(=O)(=O)C2)C1. The average Bonchev–Trinajstić information content (AvgIpc) is 2.49. The fraction of sp³-hybridized carbons (Fsp3) is 1.00. The molecule has 0 aliphatic carbocycles. The van der Waals surface area contributed by atoms with Gasteiger partial charge in [0.15, 0.2) is 9.84 Å². The van der Waals surface area contributed by atoms with E-state index in [1.807, 2.05) is 0 Å². The molecule has 5 heteroatoms. The summed E-state index contributed by atoms with van der Waals surface area (Å²) in [5.41, 5.74) is 0. The van der Waals surface area contributed by atoms with Crippen molar-refractivity contribution in [1.82, 2.24) is 10.2 Å². The lowest BCUT2D eigenvalue weighted by Crippen LogP contribution is -2.46. The summed E-state index contributed by atoms with van der Waals surface area (Å²) in [6, 6.07) is 0.688. The first-order valence-electron chi connectivity index (χ1n) is 5.70. The molecule has 4 nitrogen and oxygen atoms in total. The van der Waals surface area contributed by atoms with E-state index in [-0.39, 0.29) is 6.04 Å². The highest BCUT2D eigenvalue weighted by atomic mass is 32.2. The van der Waals surface area contributed by atoms with Gasteiger partial charge >= 0.3 is 0 Å². The van der Waals surface area contributed by atoms with E-state index in [4.69, 9.17) is 0 Å². The molecule has 0 amide bonds. The van der Waals surface area contributed by atoms with Crippen LogP contribution in [-0.2, 0) is 9.84 Å². The first-order valence-corrected chi connectivity index (χ1v) is 7.52. The minimum atomic E-state index is -2.76. The number of rotatable bonds is 2. The van der Waals surface area contributed by atoms with E-state index in [1.165, 1.54) is 0 Å². The Bertz CT molecular complexity index is 315. The number of likely N-dealkylation sites (tertiary alicyclic amines) is 1. The Balaban J connectivity index is 1.84. The maximum atomic E-state index is 11.4. The molecule has 2 aliphatic rings. The van der Waals surface area contributed by atoms with Crippen LogP contribution in [0.4, 0.5) is 0 Å². The normalized spacial score (nSPS) is 36.9. The molecule has 0 radical (unpaired) electrons. The molecule has 2 atom stereocenters. The van der Waals surface area contributed by atoms with Crippen LogP contribution in [0.25, 0.3) is 0 Å². The predicted octanol–water partition coefficient (Wildman–Crippen LogP) is -0.143. The second kappa shape index (κ2) is 4.39. The van der Waals surface area contributed by atoms with Crippen LogP contribution in [0, 0.1) is 0 Å². The molecule has 2 heterocycles.